The van der Waals surface area contributed by atoms with Gasteiger partial charge < -0.3 is 15.5 Å². The fourth-order valence-corrected chi connectivity index (χ4v) is 1.62. The van der Waals surface area contributed by atoms with E-state index < -0.39 is 0 Å². The Morgan fingerprint density at radius 3 is 2.16 bits per heavy atom. The van der Waals surface area contributed by atoms with E-state index in [1.807, 2.05) is 19.0 Å². The lowest BCUT2D eigenvalue weighted by Gasteiger charge is -2.17. The smallest absolute Gasteiger partial charge is 0.231 e. The molecule has 1 heterocycles. The van der Waals surface area contributed by atoms with Crippen LogP contribution < -0.4 is 15.5 Å². The largest absolute Gasteiger partial charge is 0.354 e. The van der Waals surface area contributed by atoms with Gasteiger partial charge in [0, 0.05) is 26.7 Å². The van der Waals surface area contributed by atoms with Gasteiger partial charge in [0.05, 0.1) is 0 Å². The quantitative estimate of drug-likeness (QED) is 0.753. The zero-order valence-corrected chi connectivity index (χ0v) is 12.7. The summed E-state index contributed by atoms with van der Waals surface area (Å²) in [5.74, 6) is 1.95. The standard InChI is InChI=1S/C13H26N6/c1-6-9-14-11-16-12(15-10(7-2)8-3)18-13(17-11)19(4)5/h10H,6-9H2,1-5H3,(H2,14,15,16,17,18). The summed E-state index contributed by atoms with van der Waals surface area (Å²) in [6.45, 7) is 7.29. The minimum atomic E-state index is 0.399. The average Bonchev–Trinajstić information content (AvgIpc) is 2.42. The first-order chi connectivity index (χ1) is 9.10. The lowest BCUT2D eigenvalue weighted by Crippen LogP contribution is -2.22. The van der Waals surface area contributed by atoms with Crippen LogP contribution in [0.25, 0.3) is 0 Å². The summed E-state index contributed by atoms with van der Waals surface area (Å²) in [6, 6.07) is 0.399. The van der Waals surface area contributed by atoms with Gasteiger partial charge in [0.2, 0.25) is 17.8 Å². The van der Waals surface area contributed by atoms with Crippen molar-refractivity contribution in [3.63, 3.8) is 0 Å². The maximum atomic E-state index is 4.43. The third kappa shape index (κ3) is 4.89. The van der Waals surface area contributed by atoms with Gasteiger partial charge in [-0.1, -0.05) is 20.8 Å². The Balaban J connectivity index is 2.91. The van der Waals surface area contributed by atoms with E-state index in [1.54, 1.807) is 0 Å². The number of nitrogens with zero attached hydrogens (tertiary/aromatic N) is 4. The summed E-state index contributed by atoms with van der Waals surface area (Å²) < 4.78 is 0. The Morgan fingerprint density at radius 2 is 1.63 bits per heavy atom. The van der Waals surface area contributed by atoms with E-state index >= 15 is 0 Å². The van der Waals surface area contributed by atoms with Crippen LogP contribution in [0.1, 0.15) is 40.0 Å². The van der Waals surface area contributed by atoms with E-state index in [2.05, 4.69) is 46.4 Å². The highest BCUT2D eigenvalue weighted by Gasteiger charge is 2.10. The van der Waals surface area contributed by atoms with Crippen LogP contribution in [-0.4, -0.2) is 41.6 Å². The zero-order chi connectivity index (χ0) is 14.3. The highest BCUT2D eigenvalue weighted by Crippen LogP contribution is 2.13. The predicted octanol–water partition coefficient (Wildman–Crippen LogP) is 2.36. The SMILES string of the molecule is CCCNc1nc(NC(CC)CC)nc(N(C)C)n1. The van der Waals surface area contributed by atoms with Gasteiger partial charge in [-0.05, 0) is 19.3 Å². The second-order valence-corrected chi connectivity index (χ2v) is 4.76. The number of aromatic nitrogens is 3. The van der Waals surface area contributed by atoms with Crippen LogP contribution in [0.3, 0.4) is 0 Å². The molecular weight excluding hydrogens is 240 g/mol. The molecule has 1 rings (SSSR count). The first-order valence-electron chi connectivity index (χ1n) is 7.04. The Morgan fingerprint density at radius 1 is 1.00 bits per heavy atom. The maximum absolute atomic E-state index is 4.43. The molecule has 0 bridgehead atoms. The van der Waals surface area contributed by atoms with E-state index in [1.165, 1.54) is 0 Å². The highest BCUT2D eigenvalue weighted by atomic mass is 15.3. The lowest BCUT2D eigenvalue weighted by molar-refractivity contribution is 0.663. The molecule has 0 amide bonds. The van der Waals surface area contributed by atoms with Crippen molar-refractivity contribution in [1.82, 2.24) is 15.0 Å². The number of rotatable bonds is 8. The molecule has 19 heavy (non-hydrogen) atoms. The van der Waals surface area contributed by atoms with Crippen molar-refractivity contribution in [1.29, 1.82) is 0 Å². The third-order valence-corrected chi connectivity index (χ3v) is 2.88. The Labute approximate surface area is 116 Å². The minimum absolute atomic E-state index is 0.399. The van der Waals surface area contributed by atoms with Gasteiger partial charge in [-0.2, -0.15) is 15.0 Å². The fraction of sp³-hybridized carbons (Fsp3) is 0.769. The van der Waals surface area contributed by atoms with Crippen LogP contribution in [0.2, 0.25) is 0 Å². The zero-order valence-electron chi connectivity index (χ0n) is 12.7. The molecule has 0 aliphatic carbocycles. The molecular formula is C13H26N6. The highest BCUT2D eigenvalue weighted by molar-refractivity contribution is 5.43. The fourth-order valence-electron chi connectivity index (χ4n) is 1.62. The van der Waals surface area contributed by atoms with Crippen molar-refractivity contribution in [3.8, 4) is 0 Å². The molecule has 1 aromatic rings. The van der Waals surface area contributed by atoms with Gasteiger partial charge in [0.1, 0.15) is 0 Å². The van der Waals surface area contributed by atoms with E-state index in [0.717, 1.165) is 25.8 Å². The van der Waals surface area contributed by atoms with Gasteiger partial charge in [0.15, 0.2) is 0 Å². The van der Waals surface area contributed by atoms with Gasteiger partial charge in [0.25, 0.3) is 0 Å². The molecule has 0 spiro atoms. The Hall–Kier alpha value is -1.59. The minimum Gasteiger partial charge on any atom is -0.354 e. The Kier molecular flexibility index (Phi) is 6.32. The summed E-state index contributed by atoms with van der Waals surface area (Å²) >= 11 is 0. The molecule has 0 aromatic carbocycles. The van der Waals surface area contributed by atoms with E-state index in [-0.39, 0.29) is 0 Å². The van der Waals surface area contributed by atoms with E-state index in [9.17, 15) is 0 Å². The predicted molar refractivity (Wildman–Crippen MR) is 80.9 cm³/mol. The van der Waals surface area contributed by atoms with Crippen LogP contribution >= 0.6 is 0 Å². The molecule has 0 fully saturated rings. The van der Waals surface area contributed by atoms with Crippen LogP contribution in [0.15, 0.2) is 0 Å². The molecule has 1 aromatic heterocycles. The molecule has 0 unspecified atom stereocenters. The average molecular weight is 266 g/mol. The molecule has 0 aliphatic rings. The van der Waals surface area contributed by atoms with Gasteiger partial charge in [-0.15, -0.1) is 0 Å². The lowest BCUT2D eigenvalue weighted by atomic mass is 10.2. The van der Waals surface area contributed by atoms with Gasteiger partial charge >= 0.3 is 0 Å². The normalized spacial score (nSPS) is 10.6. The monoisotopic (exact) mass is 266 g/mol. The van der Waals surface area contributed by atoms with Crippen LogP contribution in [0, 0.1) is 0 Å². The van der Waals surface area contributed by atoms with Crippen molar-refractivity contribution in [2.45, 2.75) is 46.1 Å². The molecule has 2 N–H and O–H groups in total. The number of anilines is 3. The van der Waals surface area contributed by atoms with Crippen molar-refractivity contribution in [3.05, 3.63) is 0 Å². The maximum Gasteiger partial charge on any atom is 0.231 e. The molecule has 6 nitrogen and oxygen atoms in total. The summed E-state index contributed by atoms with van der Waals surface area (Å²) in [5, 5.41) is 6.57. The van der Waals surface area contributed by atoms with Crippen LogP contribution in [0.5, 0.6) is 0 Å². The van der Waals surface area contributed by atoms with Crippen molar-refractivity contribution in [2.24, 2.45) is 0 Å². The molecule has 0 atom stereocenters. The van der Waals surface area contributed by atoms with Crippen LogP contribution in [0.4, 0.5) is 17.8 Å². The topological polar surface area (TPSA) is 66.0 Å². The summed E-state index contributed by atoms with van der Waals surface area (Å²) in [7, 11) is 3.86. The number of hydrogen-bond acceptors (Lipinski definition) is 6. The number of nitrogens with one attached hydrogen (secondary N) is 2. The molecule has 108 valence electrons. The van der Waals surface area contributed by atoms with Crippen LogP contribution in [-0.2, 0) is 0 Å². The van der Waals surface area contributed by atoms with Crippen molar-refractivity contribution < 1.29 is 0 Å². The van der Waals surface area contributed by atoms with Crippen molar-refractivity contribution in [2.75, 3.05) is 36.2 Å². The molecule has 0 aliphatic heterocycles. The molecule has 0 radical (unpaired) electrons. The molecule has 0 saturated carbocycles. The second kappa shape index (κ2) is 7.76. The molecule has 6 heteroatoms. The second-order valence-electron chi connectivity index (χ2n) is 4.76. The van der Waals surface area contributed by atoms with Gasteiger partial charge in [-0.25, -0.2) is 0 Å². The van der Waals surface area contributed by atoms with Gasteiger partial charge in [-0.3, -0.25) is 0 Å². The Bertz CT molecular complexity index is 375. The summed E-state index contributed by atoms with van der Waals surface area (Å²) in [5.41, 5.74) is 0. The third-order valence-electron chi connectivity index (χ3n) is 2.88. The first-order valence-corrected chi connectivity index (χ1v) is 7.04. The molecule has 0 saturated heterocycles. The van der Waals surface area contributed by atoms with E-state index in [4.69, 9.17) is 0 Å². The first kappa shape index (κ1) is 15.5. The number of hydrogen-bond donors (Lipinski definition) is 2. The van der Waals surface area contributed by atoms with Crippen molar-refractivity contribution >= 4 is 17.8 Å². The summed E-state index contributed by atoms with van der Waals surface area (Å²) in [6.07, 6.45) is 3.15. The van der Waals surface area contributed by atoms with E-state index in [0.29, 0.717) is 23.9 Å². The summed E-state index contributed by atoms with van der Waals surface area (Å²) in [4.78, 5) is 15.1.